The summed E-state index contributed by atoms with van der Waals surface area (Å²) in [5.74, 6) is 0. The molecule has 1 aromatic carbocycles. The number of nitrogens with zero attached hydrogens (tertiary/aromatic N) is 3. The summed E-state index contributed by atoms with van der Waals surface area (Å²) < 4.78 is 73.6. The summed E-state index contributed by atoms with van der Waals surface area (Å²) >= 11 is 5.31. The molecule has 2 aliphatic heterocycles. The Labute approximate surface area is 214 Å². The van der Waals surface area contributed by atoms with E-state index < -0.39 is 21.8 Å². The summed E-state index contributed by atoms with van der Waals surface area (Å²) in [5.41, 5.74) is -2.55. The molecule has 2 saturated heterocycles. The minimum Gasteiger partial charge on any atom is -0.379 e. The molecule has 12 heteroatoms. The van der Waals surface area contributed by atoms with E-state index >= 15 is 0 Å². The number of sulfonamides is 1. The molecule has 0 saturated carbocycles. The van der Waals surface area contributed by atoms with E-state index in [9.17, 15) is 26.7 Å². The van der Waals surface area contributed by atoms with Gasteiger partial charge in [0.25, 0.3) is 0 Å². The van der Waals surface area contributed by atoms with Gasteiger partial charge in [0.05, 0.1) is 24.2 Å². The van der Waals surface area contributed by atoms with Gasteiger partial charge in [-0.15, -0.1) is 0 Å². The van der Waals surface area contributed by atoms with Crippen molar-refractivity contribution >= 4 is 32.8 Å². The topological polar surface area (TPSA) is 73.3 Å². The zero-order valence-corrected chi connectivity index (χ0v) is 21.6. The largest absolute Gasteiger partial charge is 0.421 e. The van der Waals surface area contributed by atoms with Gasteiger partial charge >= 0.3 is 6.18 Å². The first kappa shape index (κ1) is 27.2. The molecule has 7 nitrogen and oxygen atoms in total. The van der Waals surface area contributed by atoms with Gasteiger partial charge < -0.3 is 14.7 Å². The normalized spacial score (nSPS) is 24.5. The molecule has 36 heavy (non-hydrogen) atoms. The number of anilines is 1. The van der Waals surface area contributed by atoms with Crippen LogP contribution in [-0.4, -0.2) is 92.3 Å². The monoisotopic (exact) mass is 545 g/mol. The standard InChI is InChI=1S/C24H30F3N3O4S2/c1-23(31,24(25,26)27)18-6-8-19(9-7-18)30-11-10-29(17-20(30)16-28-12-14-34-15-13-28)36(32,33)22-5-3-2-4-21(22)35/h2-3,5-9,20,31H,4,10-17H2,1H3/t20-,23-/m1/s1. The van der Waals surface area contributed by atoms with Crippen LogP contribution in [0.1, 0.15) is 18.9 Å². The second kappa shape index (κ2) is 10.5. The molecule has 198 valence electrons. The second-order valence-corrected chi connectivity index (χ2v) is 11.7. The van der Waals surface area contributed by atoms with Crippen molar-refractivity contribution in [1.82, 2.24) is 9.21 Å². The summed E-state index contributed by atoms with van der Waals surface area (Å²) in [5, 5.41) is 10.0. The first-order valence-electron chi connectivity index (χ1n) is 11.8. The maximum atomic E-state index is 13.4. The van der Waals surface area contributed by atoms with E-state index in [1.165, 1.54) is 22.5 Å². The number of ether oxygens (including phenoxy) is 1. The molecule has 1 aliphatic carbocycles. The average Bonchev–Trinajstić information content (AvgIpc) is 2.84. The van der Waals surface area contributed by atoms with Gasteiger partial charge in [-0.25, -0.2) is 8.42 Å². The van der Waals surface area contributed by atoms with E-state index in [0.717, 1.165) is 6.92 Å². The van der Waals surface area contributed by atoms with Crippen molar-refractivity contribution in [3.63, 3.8) is 0 Å². The zero-order valence-electron chi connectivity index (χ0n) is 19.9. The molecule has 1 N–H and O–H groups in total. The maximum absolute atomic E-state index is 13.4. The van der Waals surface area contributed by atoms with Crippen LogP contribution in [0.25, 0.3) is 0 Å². The lowest BCUT2D eigenvalue weighted by molar-refractivity contribution is -0.258. The summed E-state index contributed by atoms with van der Waals surface area (Å²) in [6.45, 7) is 4.69. The van der Waals surface area contributed by atoms with Gasteiger partial charge in [-0.2, -0.15) is 17.5 Å². The number of piperazine rings is 1. The van der Waals surface area contributed by atoms with Crippen LogP contribution >= 0.6 is 12.2 Å². The van der Waals surface area contributed by atoms with E-state index in [4.69, 9.17) is 17.0 Å². The van der Waals surface area contributed by atoms with E-state index in [1.54, 1.807) is 18.2 Å². The van der Waals surface area contributed by atoms with Crippen molar-refractivity contribution in [2.24, 2.45) is 0 Å². The number of allylic oxidation sites excluding steroid dienone is 4. The van der Waals surface area contributed by atoms with Gasteiger partial charge in [-0.1, -0.05) is 36.5 Å². The Balaban J connectivity index is 1.59. The number of benzene rings is 1. The summed E-state index contributed by atoms with van der Waals surface area (Å²) in [6.07, 6.45) is 0.653. The third-order valence-corrected chi connectivity index (χ3v) is 9.38. The lowest BCUT2D eigenvalue weighted by Gasteiger charge is -2.44. The zero-order chi connectivity index (χ0) is 26.1. The molecule has 3 aliphatic rings. The van der Waals surface area contributed by atoms with E-state index in [-0.39, 0.29) is 29.6 Å². The van der Waals surface area contributed by atoms with Crippen LogP contribution in [0, 0.1) is 0 Å². The van der Waals surface area contributed by atoms with Gasteiger partial charge in [0.1, 0.15) is 0 Å². The highest BCUT2D eigenvalue weighted by molar-refractivity contribution is 7.96. The minimum absolute atomic E-state index is 0.150. The highest BCUT2D eigenvalue weighted by Gasteiger charge is 2.51. The fourth-order valence-electron chi connectivity index (χ4n) is 4.66. The van der Waals surface area contributed by atoms with E-state index in [1.807, 2.05) is 11.0 Å². The molecule has 2 atom stereocenters. The predicted molar refractivity (Wildman–Crippen MR) is 135 cm³/mol. The number of morpholine rings is 1. The maximum Gasteiger partial charge on any atom is 0.421 e. The van der Waals surface area contributed by atoms with Crippen molar-refractivity contribution in [2.75, 3.05) is 57.4 Å². The lowest BCUT2D eigenvalue weighted by Crippen LogP contribution is -2.59. The summed E-state index contributed by atoms with van der Waals surface area (Å²) in [7, 11) is -3.78. The van der Waals surface area contributed by atoms with Gasteiger partial charge in [0.2, 0.25) is 10.0 Å². The SMILES string of the molecule is C[C@@](O)(c1ccc(N2CCN(S(=O)(=O)C3=CC=CCC3=S)C[C@H]2CN2CCOCC2)cc1)C(F)(F)F. The molecule has 4 rings (SSSR count). The molecular formula is C24H30F3N3O4S2. The number of alkyl halides is 3. The summed E-state index contributed by atoms with van der Waals surface area (Å²) in [6, 6.07) is 5.41. The smallest absolute Gasteiger partial charge is 0.379 e. The second-order valence-electron chi connectivity index (χ2n) is 9.33. The highest BCUT2D eigenvalue weighted by atomic mass is 32.2. The number of hydrogen-bond donors (Lipinski definition) is 1. The molecule has 2 fully saturated rings. The van der Waals surface area contributed by atoms with Crippen LogP contribution in [-0.2, 0) is 20.4 Å². The van der Waals surface area contributed by atoms with Crippen molar-refractivity contribution in [2.45, 2.75) is 31.2 Å². The molecule has 2 heterocycles. The van der Waals surface area contributed by atoms with Gasteiger partial charge in [-0.3, -0.25) is 4.90 Å². The van der Waals surface area contributed by atoms with E-state index in [0.29, 0.717) is 56.4 Å². The Morgan fingerprint density at radius 1 is 1.11 bits per heavy atom. The van der Waals surface area contributed by atoms with Crippen molar-refractivity contribution in [3.05, 3.63) is 53.0 Å². The Morgan fingerprint density at radius 2 is 1.78 bits per heavy atom. The van der Waals surface area contributed by atoms with Gasteiger partial charge in [0.15, 0.2) is 5.60 Å². The van der Waals surface area contributed by atoms with Crippen molar-refractivity contribution < 1.29 is 31.4 Å². The summed E-state index contributed by atoms with van der Waals surface area (Å²) in [4.78, 5) is 4.77. The van der Waals surface area contributed by atoms with Gasteiger partial charge in [-0.05, 0) is 30.7 Å². The number of aliphatic hydroxyl groups is 1. The third-order valence-electron chi connectivity index (χ3n) is 6.91. The number of rotatable bonds is 6. The van der Waals surface area contributed by atoms with Crippen molar-refractivity contribution in [1.29, 1.82) is 0 Å². The van der Waals surface area contributed by atoms with Crippen molar-refractivity contribution in [3.8, 4) is 0 Å². The fourth-order valence-corrected chi connectivity index (χ4v) is 6.73. The quantitative estimate of drug-likeness (QED) is 0.552. The van der Waals surface area contributed by atoms with Gasteiger partial charge in [0, 0.05) is 56.2 Å². The number of halogens is 3. The molecule has 0 unspecified atom stereocenters. The van der Waals surface area contributed by atoms with E-state index in [2.05, 4.69) is 4.90 Å². The Bertz CT molecular complexity index is 1130. The molecule has 1 aromatic rings. The van der Waals surface area contributed by atoms with Crippen LogP contribution in [0.4, 0.5) is 18.9 Å². The number of thiocarbonyl (C=S) groups is 1. The fraction of sp³-hybridized carbons (Fsp3) is 0.542. The van der Waals surface area contributed by atoms with Crippen LogP contribution < -0.4 is 4.90 Å². The Morgan fingerprint density at radius 3 is 2.39 bits per heavy atom. The molecule has 0 amide bonds. The first-order valence-corrected chi connectivity index (χ1v) is 13.6. The third kappa shape index (κ3) is 5.53. The molecule has 0 radical (unpaired) electrons. The molecule has 0 aromatic heterocycles. The predicted octanol–water partition coefficient (Wildman–Crippen LogP) is 2.82. The first-order chi connectivity index (χ1) is 16.9. The highest BCUT2D eigenvalue weighted by Crippen LogP contribution is 2.39. The minimum atomic E-state index is -4.81. The molecular weight excluding hydrogens is 515 g/mol. The van der Waals surface area contributed by atoms with Crippen LogP contribution in [0.15, 0.2) is 47.4 Å². The van der Waals surface area contributed by atoms with Crippen LogP contribution in [0.5, 0.6) is 0 Å². The number of hydrogen-bond acceptors (Lipinski definition) is 7. The molecule has 0 spiro atoms. The Hall–Kier alpha value is -1.83. The Kier molecular flexibility index (Phi) is 7.94. The molecule has 0 bridgehead atoms. The van der Waals surface area contributed by atoms with Crippen LogP contribution in [0.3, 0.4) is 0 Å². The van der Waals surface area contributed by atoms with Crippen LogP contribution in [0.2, 0.25) is 0 Å². The average molecular weight is 546 g/mol. The lowest BCUT2D eigenvalue weighted by atomic mass is 9.95.